The first-order valence-electron chi connectivity index (χ1n) is 12.1. The molecule has 0 bridgehead atoms. The Morgan fingerprint density at radius 3 is 0.881 bits per heavy atom. The minimum absolute atomic E-state index is 0.545. The Hall–Kier alpha value is -6.38. The topological polar surface area (TPSA) is 149 Å². The van der Waals surface area contributed by atoms with Gasteiger partial charge < -0.3 is 20.4 Å². The summed E-state index contributed by atoms with van der Waals surface area (Å²) in [7, 11) is 0. The van der Waals surface area contributed by atoms with Gasteiger partial charge in [0.05, 0.1) is 0 Å². The van der Waals surface area contributed by atoms with Crippen molar-refractivity contribution in [3.05, 3.63) is 129 Å². The van der Waals surface area contributed by atoms with E-state index in [2.05, 4.69) is 23.7 Å². The van der Waals surface area contributed by atoms with Crippen LogP contribution in [0.4, 0.5) is 0 Å². The van der Waals surface area contributed by atoms with Gasteiger partial charge in [-0.15, -0.1) is 0 Å². The first-order chi connectivity index (χ1) is 20.0. The van der Waals surface area contributed by atoms with E-state index in [-0.39, 0.29) is 0 Å². The van der Waals surface area contributed by atoms with Crippen LogP contribution in [0.5, 0.6) is 0 Å². The van der Waals surface area contributed by atoms with E-state index in [1.54, 1.807) is 60.7 Å². The Morgan fingerprint density at radius 2 is 0.643 bits per heavy atom. The van der Waals surface area contributed by atoms with E-state index in [0.29, 0.717) is 44.5 Å². The molecule has 8 heteroatoms. The van der Waals surface area contributed by atoms with Gasteiger partial charge >= 0.3 is 23.9 Å². The molecule has 3 aromatic rings. The molecule has 0 saturated heterocycles. The molecule has 206 valence electrons. The average Bonchev–Trinajstić information content (AvgIpc) is 2.95. The summed E-state index contributed by atoms with van der Waals surface area (Å²) in [5, 5.41) is 35.6. The number of benzene rings is 3. The molecule has 0 heterocycles. The molecule has 0 aromatic heterocycles. The first-order valence-corrected chi connectivity index (χ1v) is 12.1. The summed E-state index contributed by atoms with van der Waals surface area (Å²) in [6.45, 7) is 0. The molecule has 3 aromatic carbocycles. The molecule has 3 rings (SSSR count). The van der Waals surface area contributed by atoms with Gasteiger partial charge in [-0.05, 0) is 107 Å². The van der Waals surface area contributed by atoms with Crippen molar-refractivity contribution in [2.45, 2.75) is 0 Å². The van der Waals surface area contributed by atoms with E-state index in [0.717, 1.165) is 24.3 Å². The van der Waals surface area contributed by atoms with Gasteiger partial charge in [0.15, 0.2) is 0 Å². The molecule has 42 heavy (non-hydrogen) atoms. The van der Waals surface area contributed by atoms with Gasteiger partial charge in [-0.3, -0.25) is 0 Å². The van der Waals surface area contributed by atoms with Gasteiger partial charge in [0.2, 0.25) is 0 Å². The maximum Gasteiger partial charge on any atom is 0.328 e. The molecule has 0 fully saturated rings. The van der Waals surface area contributed by atoms with Crippen LogP contribution in [0, 0.1) is 23.7 Å². The summed E-state index contributed by atoms with van der Waals surface area (Å²) in [4.78, 5) is 43.6. The number of carbonyl (C=O) groups is 4. The minimum Gasteiger partial charge on any atom is -0.478 e. The monoisotopic (exact) mass is 558 g/mol. The maximum absolute atomic E-state index is 10.9. The van der Waals surface area contributed by atoms with Crippen LogP contribution in [-0.4, -0.2) is 44.3 Å². The predicted octanol–water partition coefficient (Wildman–Crippen LogP) is 4.88. The van der Waals surface area contributed by atoms with Gasteiger partial charge in [-0.25, -0.2) is 19.2 Å². The molecule has 0 aliphatic carbocycles. The van der Waals surface area contributed by atoms with Crippen LogP contribution in [0.15, 0.2) is 85.0 Å². The number of aliphatic carboxylic acids is 4. The highest BCUT2D eigenvalue weighted by molar-refractivity contribution is 5.88. The Morgan fingerprint density at radius 1 is 0.405 bits per heavy atom. The largest absolute Gasteiger partial charge is 0.478 e. The standard InChI is InChI=1S/C34H22O8/c35-31(36)13-9-27-17-25(18-28(21-27)10-14-32(37)38)7-5-23-1-2-24(4-3-23)6-8-26-19-29(11-15-33(39)40)22-30(20-26)12-16-34(41)42/h1-4,9-22H,(H,35,36)(H,37,38)(H,39,40)(H,41,42). The van der Waals surface area contributed by atoms with E-state index >= 15 is 0 Å². The summed E-state index contributed by atoms with van der Waals surface area (Å²) in [5.74, 6) is 7.58. The highest BCUT2D eigenvalue weighted by atomic mass is 16.4. The average molecular weight is 559 g/mol. The van der Waals surface area contributed by atoms with Crippen molar-refractivity contribution < 1.29 is 39.6 Å². The first kappa shape index (κ1) is 30.2. The van der Waals surface area contributed by atoms with Gasteiger partial charge in [0.1, 0.15) is 0 Å². The zero-order valence-corrected chi connectivity index (χ0v) is 21.8. The lowest BCUT2D eigenvalue weighted by Gasteiger charge is -2.00. The van der Waals surface area contributed by atoms with Crippen molar-refractivity contribution in [3.63, 3.8) is 0 Å². The molecule has 4 N–H and O–H groups in total. The van der Waals surface area contributed by atoms with Crippen molar-refractivity contribution in [1.82, 2.24) is 0 Å². The summed E-state index contributed by atoms with van der Waals surface area (Å²) in [6, 6.07) is 17.1. The van der Waals surface area contributed by atoms with Gasteiger partial charge in [0, 0.05) is 46.6 Å². The van der Waals surface area contributed by atoms with E-state index in [9.17, 15) is 19.2 Å². The van der Waals surface area contributed by atoms with Crippen LogP contribution >= 0.6 is 0 Å². The molecule has 0 aliphatic heterocycles. The number of carboxylic acids is 4. The number of rotatable bonds is 8. The quantitative estimate of drug-likeness (QED) is 0.226. The summed E-state index contributed by atoms with van der Waals surface area (Å²) in [5.41, 5.74) is 4.65. The molecule has 0 spiro atoms. The van der Waals surface area contributed by atoms with E-state index in [1.807, 2.05) is 0 Å². The van der Waals surface area contributed by atoms with Crippen molar-refractivity contribution in [2.75, 3.05) is 0 Å². The van der Waals surface area contributed by atoms with Crippen LogP contribution in [0.1, 0.15) is 44.5 Å². The molecule has 0 unspecified atom stereocenters. The summed E-state index contributed by atoms with van der Waals surface area (Å²) < 4.78 is 0. The number of hydrogen-bond acceptors (Lipinski definition) is 4. The fraction of sp³-hybridized carbons (Fsp3) is 0. The predicted molar refractivity (Wildman–Crippen MR) is 158 cm³/mol. The van der Waals surface area contributed by atoms with Crippen molar-refractivity contribution in [2.24, 2.45) is 0 Å². The maximum atomic E-state index is 10.9. The van der Waals surface area contributed by atoms with Gasteiger partial charge in [0.25, 0.3) is 0 Å². The molecular formula is C34H22O8. The van der Waals surface area contributed by atoms with Crippen molar-refractivity contribution in [3.8, 4) is 23.7 Å². The molecule has 0 radical (unpaired) electrons. The third kappa shape index (κ3) is 10.8. The second-order valence-electron chi connectivity index (χ2n) is 8.54. The lowest BCUT2D eigenvalue weighted by atomic mass is 10.0. The highest BCUT2D eigenvalue weighted by Crippen LogP contribution is 2.15. The second-order valence-corrected chi connectivity index (χ2v) is 8.54. The third-order valence-electron chi connectivity index (χ3n) is 5.22. The Kier molecular flexibility index (Phi) is 10.5. The summed E-state index contributed by atoms with van der Waals surface area (Å²) in [6.07, 6.45) is 9.48. The number of hydrogen-bond donors (Lipinski definition) is 4. The van der Waals surface area contributed by atoms with E-state index in [4.69, 9.17) is 20.4 Å². The molecule has 8 nitrogen and oxygen atoms in total. The smallest absolute Gasteiger partial charge is 0.328 e. The van der Waals surface area contributed by atoms with Crippen LogP contribution in [0.25, 0.3) is 24.3 Å². The Labute approximate surface area is 240 Å². The molecule has 0 amide bonds. The minimum atomic E-state index is -1.12. The SMILES string of the molecule is O=C(O)C=Cc1cc(C#Cc2ccc(C#Cc3cc(C=CC(=O)O)cc(C=CC(=O)O)c3)cc2)cc(C=CC(=O)O)c1. The third-order valence-corrected chi connectivity index (χ3v) is 5.22. The fourth-order valence-corrected chi connectivity index (χ4v) is 3.48. The van der Waals surface area contributed by atoms with Gasteiger partial charge in [-0.1, -0.05) is 23.7 Å². The van der Waals surface area contributed by atoms with Crippen LogP contribution < -0.4 is 0 Å². The molecular weight excluding hydrogens is 536 g/mol. The second kappa shape index (κ2) is 14.7. The Balaban J connectivity index is 1.87. The zero-order chi connectivity index (χ0) is 30.5. The molecule has 0 atom stereocenters. The summed E-state index contributed by atoms with van der Waals surface area (Å²) >= 11 is 0. The fourth-order valence-electron chi connectivity index (χ4n) is 3.48. The van der Waals surface area contributed by atoms with E-state index < -0.39 is 23.9 Å². The molecule has 0 aliphatic rings. The van der Waals surface area contributed by atoms with Crippen molar-refractivity contribution in [1.29, 1.82) is 0 Å². The van der Waals surface area contributed by atoms with E-state index in [1.165, 1.54) is 24.3 Å². The van der Waals surface area contributed by atoms with Gasteiger partial charge in [-0.2, -0.15) is 0 Å². The van der Waals surface area contributed by atoms with Crippen molar-refractivity contribution >= 4 is 48.2 Å². The van der Waals surface area contributed by atoms with Crippen LogP contribution in [0.2, 0.25) is 0 Å². The lowest BCUT2D eigenvalue weighted by molar-refractivity contribution is -0.132. The highest BCUT2D eigenvalue weighted by Gasteiger charge is 2.00. The van der Waals surface area contributed by atoms with Crippen LogP contribution in [0.3, 0.4) is 0 Å². The Bertz CT molecular complexity index is 1560. The number of carboxylic acid groups (broad SMARTS) is 4. The van der Waals surface area contributed by atoms with Crippen LogP contribution in [-0.2, 0) is 19.2 Å². The normalized spacial score (nSPS) is 10.9. The lowest BCUT2D eigenvalue weighted by Crippen LogP contribution is -1.89. The molecule has 0 saturated carbocycles. The zero-order valence-electron chi connectivity index (χ0n) is 21.8.